The van der Waals surface area contributed by atoms with E-state index in [2.05, 4.69) is 25.5 Å². The number of ether oxygens (including phenoxy) is 1. The Labute approximate surface area is 280 Å². The van der Waals surface area contributed by atoms with Crippen LogP contribution in [0.3, 0.4) is 0 Å². The fourth-order valence-electron chi connectivity index (χ4n) is 6.80. The molecule has 0 spiro atoms. The highest BCUT2D eigenvalue weighted by Crippen LogP contribution is 2.46. The van der Waals surface area contributed by atoms with Crippen LogP contribution >= 0.6 is 0 Å². The molecule has 1 saturated heterocycles. The Morgan fingerprint density at radius 3 is 2.52 bits per heavy atom. The molecule has 3 aliphatic carbocycles. The maximum atomic E-state index is 14.2. The zero-order valence-corrected chi connectivity index (χ0v) is 27.7. The van der Waals surface area contributed by atoms with E-state index in [4.69, 9.17) is 9.57 Å². The highest BCUT2D eigenvalue weighted by molar-refractivity contribution is 7.91. The highest BCUT2D eigenvalue weighted by atomic mass is 32.2. The molecule has 1 unspecified atom stereocenters. The Kier molecular flexibility index (Phi) is 10.3. The maximum Gasteiger partial charge on any atom is 0.408 e. The van der Waals surface area contributed by atoms with E-state index in [1.807, 2.05) is 12.2 Å². The van der Waals surface area contributed by atoms with Crippen molar-refractivity contribution in [1.29, 1.82) is 0 Å². The minimum atomic E-state index is -3.86. The van der Waals surface area contributed by atoms with Crippen LogP contribution in [0.4, 0.5) is 4.79 Å². The summed E-state index contributed by atoms with van der Waals surface area (Å²) in [5.41, 5.74) is -0.718. The summed E-state index contributed by atoms with van der Waals surface area (Å²) in [6, 6.07) is 1.49. The van der Waals surface area contributed by atoms with Gasteiger partial charge in [-0.15, -0.1) is 0 Å². The molecule has 48 heavy (non-hydrogen) atoms. The number of nitrogens with one attached hydrogen (secondary N) is 3. The summed E-state index contributed by atoms with van der Waals surface area (Å²) in [5.74, 6) is -2.24. The molecule has 5 aliphatic rings. The van der Waals surface area contributed by atoms with E-state index in [-0.39, 0.29) is 25.5 Å². The normalized spacial score (nSPS) is 30.7. The van der Waals surface area contributed by atoms with Gasteiger partial charge in [-0.1, -0.05) is 30.1 Å². The molecule has 1 aromatic heterocycles. The predicted molar refractivity (Wildman–Crippen MR) is 174 cm³/mol. The number of carbonyl (C=O) groups excluding carboxylic acids is 4. The van der Waals surface area contributed by atoms with Crippen LogP contribution in [0.5, 0.6) is 0 Å². The number of hydrogen-bond acceptors (Lipinski definition) is 10. The lowest BCUT2D eigenvalue weighted by Crippen LogP contribution is -2.58. The van der Waals surface area contributed by atoms with Gasteiger partial charge in [0, 0.05) is 24.7 Å². The number of carbonyl (C=O) groups is 4. The molecule has 260 valence electrons. The van der Waals surface area contributed by atoms with Gasteiger partial charge in [0.05, 0.1) is 18.0 Å². The number of pyridine rings is 1. The minimum absolute atomic E-state index is 0.0129. The monoisotopic (exact) mass is 684 g/mol. The highest BCUT2D eigenvalue weighted by Gasteiger charge is 2.62. The van der Waals surface area contributed by atoms with Crippen molar-refractivity contribution in [1.82, 2.24) is 25.2 Å². The number of amides is 4. The van der Waals surface area contributed by atoms with Gasteiger partial charge >= 0.3 is 6.09 Å². The minimum Gasteiger partial charge on any atom is -0.446 e. The van der Waals surface area contributed by atoms with Crippen LogP contribution in [0.1, 0.15) is 89.0 Å². The Morgan fingerprint density at radius 1 is 1.02 bits per heavy atom. The molecule has 3 N–H and O–H groups in total. The average molecular weight is 685 g/mol. The van der Waals surface area contributed by atoms with Gasteiger partial charge in [0.25, 0.3) is 5.91 Å². The van der Waals surface area contributed by atoms with E-state index in [1.165, 1.54) is 11.1 Å². The van der Waals surface area contributed by atoms with Crippen LogP contribution in [-0.4, -0.2) is 90.0 Å². The fraction of sp³-hybridized carbons (Fsp3) is 0.636. The second kappa shape index (κ2) is 14.6. The largest absolute Gasteiger partial charge is 0.446 e. The van der Waals surface area contributed by atoms with Crippen LogP contribution in [0.2, 0.25) is 0 Å². The molecule has 5 atom stereocenters. The number of nitrogens with zero attached hydrogens (tertiary/aromatic N) is 3. The van der Waals surface area contributed by atoms with Gasteiger partial charge in [-0.05, 0) is 81.9 Å². The zero-order valence-electron chi connectivity index (χ0n) is 26.9. The van der Waals surface area contributed by atoms with Gasteiger partial charge in [0.2, 0.25) is 21.8 Å². The van der Waals surface area contributed by atoms with Gasteiger partial charge in [0.1, 0.15) is 29.8 Å². The van der Waals surface area contributed by atoms with Crippen molar-refractivity contribution in [3.63, 3.8) is 0 Å². The van der Waals surface area contributed by atoms with Crippen LogP contribution in [0, 0.1) is 5.92 Å². The molecule has 15 heteroatoms. The average Bonchev–Trinajstić information content (AvgIpc) is 3.93. The molecule has 3 saturated carbocycles. The summed E-state index contributed by atoms with van der Waals surface area (Å²) in [5, 5.41) is 9.09. The number of hydrogen-bond donors (Lipinski definition) is 3. The van der Waals surface area contributed by atoms with Crippen molar-refractivity contribution in [2.45, 2.75) is 119 Å². The van der Waals surface area contributed by atoms with Gasteiger partial charge < -0.3 is 25.1 Å². The van der Waals surface area contributed by atoms with Crippen LogP contribution in [-0.2, 0) is 34.0 Å². The SMILES string of the molecule is O=C(N[C@H]1CCCCC/C=C\[C@@H]2CC2(C(=O)NS(=O)(=O)C2CC2)NC(=O)[C@@H]2C[C@@H](O/N=C/c3ccncc3)CN2C1=O)OC1CCCC1. The van der Waals surface area contributed by atoms with Gasteiger partial charge in [0.15, 0.2) is 0 Å². The third-order valence-corrected chi connectivity index (χ3v) is 11.6. The van der Waals surface area contributed by atoms with Gasteiger partial charge in [-0.25, -0.2) is 13.2 Å². The van der Waals surface area contributed by atoms with Gasteiger partial charge in [-0.3, -0.25) is 24.1 Å². The quantitative estimate of drug-likeness (QED) is 0.210. The summed E-state index contributed by atoms with van der Waals surface area (Å²) in [6.45, 7) is 0.0129. The number of alkyl carbamates (subject to hydrolysis) is 1. The fourth-order valence-corrected chi connectivity index (χ4v) is 8.16. The molecule has 0 bridgehead atoms. The number of allylic oxidation sites excluding steroid dienone is 1. The summed E-state index contributed by atoms with van der Waals surface area (Å²) in [6.07, 6.45) is 15.2. The first-order valence-electron chi connectivity index (χ1n) is 17.1. The van der Waals surface area contributed by atoms with Crippen molar-refractivity contribution in [2.24, 2.45) is 11.1 Å². The predicted octanol–water partition coefficient (Wildman–Crippen LogP) is 2.44. The molecule has 2 aliphatic heterocycles. The van der Waals surface area contributed by atoms with E-state index in [9.17, 15) is 27.6 Å². The summed E-state index contributed by atoms with van der Waals surface area (Å²) in [7, 11) is -3.86. The topological polar surface area (TPSA) is 185 Å². The van der Waals surface area contributed by atoms with Gasteiger partial charge in [-0.2, -0.15) is 0 Å². The summed E-state index contributed by atoms with van der Waals surface area (Å²) < 4.78 is 33.2. The molecule has 4 amide bonds. The Hall–Kier alpha value is -4.01. The Morgan fingerprint density at radius 2 is 1.77 bits per heavy atom. The van der Waals surface area contributed by atoms with E-state index >= 15 is 0 Å². The molecule has 14 nitrogen and oxygen atoms in total. The number of fused-ring (bicyclic) bond motifs is 2. The molecule has 3 heterocycles. The lowest BCUT2D eigenvalue weighted by molar-refractivity contribution is -0.141. The van der Waals surface area contributed by atoms with Crippen LogP contribution < -0.4 is 15.4 Å². The van der Waals surface area contributed by atoms with Crippen molar-refractivity contribution in [2.75, 3.05) is 6.54 Å². The second-order valence-corrected chi connectivity index (χ2v) is 15.5. The lowest BCUT2D eigenvalue weighted by Gasteiger charge is -2.30. The molecular weight excluding hydrogens is 640 g/mol. The smallest absolute Gasteiger partial charge is 0.408 e. The molecule has 0 aromatic carbocycles. The molecule has 4 fully saturated rings. The molecule has 6 rings (SSSR count). The van der Waals surface area contributed by atoms with E-state index in [1.54, 1.807) is 24.5 Å². The van der Waals surface area contributed by atoms with Crippen molar-refractivity contribution in [3.8, 4) is 0 Å². The molecule has 1 aromatic rings. The third kappa shape index (κ3) is 8.16. The van der Waals surface area contributed by atoms with Crippen LogP contribution in [0.25, 0.3) is 0 Å². The van der Waals surface area contributed by atoms with Crippen molar-refractivity contribution >= 4 is 40.1 Å². The Bertz CT molecular complexity index is 1530. The summed E-state index contributed by atoms with van der Waals surface area (Å²) in [4.78, 5) is 65.8. The number of oxime groups is 1. The van der Waals surface area contributed by atoms with Crippen molar-refractivity contribution < 1.29 is 37.2 Å². The van der Waals surface area contributed by atoms with E-state index in [0.29, 0.717) is 32.1 Å². The second-order valence-electron chi connectivity index (χ2n) is 13.5. The first kappa shape index (κ1) is 33.9. The molecular formula is C33H44N6O8S. The number of rotatable bonds is 8. The van der Waals surface area contributed by atoms with E-state index < -0.39 is 68.7 Å². The molecule has 0 radical (unpaired) electrons. The number of aromatic nitrogens is 1. The Balaban J connectivity index is 1.23. The first-order chi connectivity index (χ1) is 23.1. The number of sulfonamides is 1. The first-order valence-corrected chi connectivity index (χ1v) is 18.6. The van der Waals surface area contributed by atoms with Crippen LogP contribution in [0.15, 0.2) is 41.8 Å². The third-order valence-electron chi connectivity index (χ3n) is 9.83. The van der Waals surface area contributed by atoms with E-state index in [0.717, 1.165) is 44.1 Å². The maximum absolute atomic E-state index is 14.2. The van der Waals surface area contributed by atoms with Crippen molar-refractivity contribution in [3.05, 3.63) is 42.2 Å². The summed E-state index contributed by atoms with van der Waals surface area (Å²) >= 11 is 0. The zero-order chi connectivity index (χ0) is 33.7. The standard InChI is InChI=1S/C33H44N6O8S/c40-29-28-18-25(47-35-20-22-14-16-34-17-15-22)21-39(28)30(41)27(36-32(43)46-24-9-6-7-10-24)11-5-3-1-2-4-8-23-19-33(23,37-29)31(42)38-48(44,45)26-12-13-26/h4,8,14-17,20,23-28H,1-3,5-7,9-13,18-19,21H2,(H,36,43)(H,37,40)(H,38,42)/b8-4-,35-20+/t23-,25-,27+,28+,33?/m1/s1. The lowest BCUT2D eigenvalue weighted by atomic mass is 10.0.